The molecular weight excluding hydrogens is 412 g/mol. The zero-order valence-corrected chi connectivity index (χ0v) is 18.4. The molecule has 34 heavy (non-hydrogen) atoms. The third-order valence-corrected chi connectivity index (χ3v) is 7.29. The Bertz CT molecular complexity index is 1980. The summed E-state index contributed by atoms with van der Waals surface area (Å²) in [4.78, 5) is 3.56. The highest BCUT2D eigenvalue weighted by molar-refractivity contribution is 6.28. The Morgan fingerprint density at radius 3 is 1.68 bits per heavy atom. The first-order valence-corrected chi connectivity index (χ1v) is 11.7. The van der Waals surface area contributed by atoms with Crippen LogP contribution >= 0.6 is 0 Å². The van der Waals surface area contributed by atoms with Crippen molar-refractivity contribution < 1.29 is 0 Å². The number of rotatable bonds is 1. The van der Waals surface area contributed by atoms with Gasteiger partial charge in [-0.1, -0.05) is 78.9 Å². The van der Waals surface area contributed by atoms with Crippen molar-refractivity contribution in [3.63, 3.8) is 0 Å². The molecule has 0 aliphatic rings. The van der Waals surface area contributed by atoms with Gasteiger partial charge in [-0.3, -0.25) is 0 Å². The standard InChI is InChI=1S/C32H20N2/c1-3-9-23-20(7-1)13-17-29-31(23)32-24-10-4-2-8-21(24)14-18-30(32)34(29)22-15-16-28-26(19-22)25-11-5-6-12-27(25)33-28/h1-19,33H. The van der Waals surface area contributed by atoms with Crippen molar-refractivity contribution in [2.24, 2.45) is 0 Å². The van der Waals surface area contributed by atoms with Crippen molar-refractivity contribution in [2.75, 3.05) is 0 Å². The molecule has 0 aliphatic carbocycles. The van der Waals surface area contributed by atoms with Crippen LogP contribution in [0.1, 0.15) is 0 Å². The molecule has 8 aromatic rings. The molecule has 0 aliphatic heterocycles. The molecule has 158 valence electrons. The highest BCUT2D eigenvalue weighted by Gasteiger charge is 2.17. The molecule has 2 nitrogen and oxygen atoms in total. The Balaban J connectivity index is 1.59. The summed E-state index contributed by atoms with van der Waals surface area (Å²) in [5.74, 6) is 0. The molecule has 0 unspecified atom stereocenters. The van der Waals surface area contributed by atoms with Gasteiger partial charge in [0.25, 0.3) is 0 Å². The van der Waals surface area contributed by atoms with Crippen molar-refractivity contribution in [1.29, 1.82) is 0 Å². The average molecular weight is 433 g/mol. The van der Waals surface area contributed by atoms with Crippen molar-refractivity contribution >= 4 is 65.2 Å². The maximum absolute atomic E-state index is 3.56. The van der Waals surface area contributed by atoms with Crippen LogP contribution in [0.5, 0.6) is 0 Å². The first kappa shape index (κ1) is 17.9. The third kappa shape index (κ3) is 2.29. The first-order valence-electron chi connectivity index (χ1n) is 11.7. The van der Waals surface area contributed by atoms with E-state index < -0.39 is 0 Å². The molecule has 0 atom stereocenters. The highest BCUT2D eigenvalue weighted by Crippen LogP contribution is 2.41. The van der Waals surface area contributed by atoms with Gasteiger partial charge in [0.1, 0.15) is 0 Å². The van der Waals surface area contributed by atoms with Gasteiger partial charge in [0, 0.05) is 38.3 Å². The molecule has 0 saturated carbocycles. The molecule has 2 aromatic heterocycles. The molecule has 0 saturated heterocycles. The summed E-state index contributed by atoms with van der Waals surface area (Å²) < 4.78 is 2.44. The summed E-state index contributed by atoms with van der Waals surface area (Å²) in [6.45, 7) is 0. The summed E-state index contributed by atoms with van der Waals surface area (Å²) in [5.41, 5.74) is 6.01. The van der Waals surface area contributed by atoms with E-state index in [-0.39, 0.29) is 0 Å². The van der Waals surface area contributed by atoms with Crippen LogP contribution in [0.15, 0.2) is 115 Å². The fourth-order valence-electron chi connectivity index (χ4n) is 5.80. The molecule has 6 aromatic carbocycles. The summed E-state index contributed by atoms with van der Waals surface area (Å²) in [6.07, 6.45) is 0. The number of hydrogen-bond acceptors (Lipinski definition) is 0. The minimum absolute atomic E-state index is 1.17. The van der Waals surface area contributed by atoms with Crippen LogP contribution in [0.4, 0.5) is 0 Å². The van der Waals surface area contributed by atoms with E-state index in [4.69, 9.17) is 0 Å². The molecule has 8 rings (SSSR count). The summed E-state index contributed by atoms with van der Waals surface area (Å²) in [7, 11) is 0. The second-order valence-electron chi connectivity index (χ2n) is 9.10. The van der Waals surface area contributed by atoms with Crippen molar-refractivity contribution in [2.45, 2.75) is 0 Å². The van der Waals surface area contributed by atoms with E-state index in [1.54, 1.807) is 0 Å². The van der Waals surface area contributed by atoms with Gasteiger partial charge in [0.15, 0.2) is 0 Å². The number of aromatic amines is 1. The predicted octanol–water partition coefficient (Wildman–Crippen LogP) is 8.72. The molecule has 2 heterocycles. The Kier molecular flexibility index (Phi) is 3.42. The molecular formula is C32H20N2. The molecule has 0 amide bonds. The Labute approximate surface area is 195 Å². The highest BCUT2D eigenvalue weighted by atomic mass is 15.0. The second-order valence-corrected chi connectivity index (χ2v) is 9.10. The normalized spacial score (nSPS) is 12.1. The average Bonchev–Trinajstić information content (AvgIpc) is 3.44. The molecule has 0 radical (unpaired) electrons. The van der Waals surface area contributed by atoms with Gasteiger partial charge in [0.05, 0.1) is 11.0 Å². The number of benzene rings is 6. The van der Waals surface area contributed by atoms with Gasteiger partial charge in [-0.15, -0.1) is 0 Å². The topological polar surface area (TPSA) is 20.7 Å². The maximum Gasteiger partial charge on any atom is 0.0547 e. The van der Waals surface area contributed by atoms with Gasteiger partial charge in [0.2, 0.25) is 0 Å². The van der Waals surface area contributed by atoms with Gasteiger partial charge in [-0.05, 0) is 57.9 Å². The molecule has 0 spiro atoms. The minimum Gasteiger partial charge on any atom is -0.355 e. The van der Waals surface area contributed by atoms with E-state index in [2.05, 4.69) is 125 Å². The molecule has 0 bridgehead atoms. The van der Waals surface area contributed by atoms with Gasteiger partial charge in [-0.25, -0.2) is 0 Å². The fourth-order valence-corrected chi connectivity index (χ4v) is 5.80. The Morgan fingerprint density at radius 1 is 0.441 bits per heavy atom. The van der Waals surface area contributed by atoms with Crippen molar-refractivity contribution in [3.05, 3.63) is 115 Å². The van der Waals surface area contributed by atoms with Crippen LogP contribution in [0.25, 0.3) is 70.8 Å². The van der Waals surface area contributed by atoms with Crippen LogP contribution in [-0.4, -0.2) is 9.55 Å². The smallest absolute Gasteiger partial charge is 0.0547 e. The van der Waals surface area contributed by atoms with Gasteiger partial charge < -0.3 is 9.55 Å². The minimum atomic E-state index is 1.17. The van der Waals surface area contributed by atoms with E-state index in [0.29, 0.717) is 0 Å². The fraction of sp³-hybridized carbons (Fsp3) is 0. The number of H-pyrrole nitrogens is 1. The summed E-state index contributed by atoms with van der Waals surface area (Å²) >= 11 is 0. The van der Waals surface area contributed by atoms with Crippen molar-refractivity contribution in [3.8, 4) is 5.69 Å². The van der Waals surface area contributed by atoms with Gasteiger partial charge in [-0.2, -0.15) is 0 Å². The number of para-hydroxylation sites is 1. The lowest BCUT2D eigenvalue weighted by atomic mass is 10.00. The zero-order chi connectivity index (χ0) is 22.2. The lowest BCUT2D eigenvalue weighted by molar-refractivity contribution is 1.19. The third-order valence-electron chi connectivity index (χ3n) is 7.29. The Morgan fingerprint density at radius 2 is 1.00 bits per heavy atom. The van der Waals surface area contributed by atoms with Crippen LogP contribution in [0.2, 0.25) is 0 Å². The van der Waals surface area contributed by atoms with E-state index >= 15 is 0 Å². The number of hydrogen-bond donors (Lipinski definition) is 1. The zero-order valence-electron chi connectivity index (χ0n) is 18.4. The van der Waals surface area contributed by atoms with E-state index in [1.807, 2.05) is 0 Å². The molecule has 0 fully saturated rings. The van der Waals surface area contributed by atoms with Gasteiger partial charge >= 0.3 is 0 Å². The van der Waals surface area contributed by atoms with Crippen LogP contribution < -0.4 is 0 Å². The number of nitrogens with zero attached hydrogens (tertiary/aromatic N) is 1. The number of aromatic nitrogens is 2. The van der Waals surface area contributed by atoms with Crippen LogP contribution in [0.3, 0.4) is 0 Å². The predicted molar refractivity (Wildman–Crippen MR) is 145 cm³/mol. The first-order chi connectivity index (χ1) is 16.9. The largest absolute Gasteiger partial charge is 0.355 e. The van der Waals surface area contributed by atoms with E-state index in [1.165, 1.54) is 70.8 Å². The summed E-state index contributed by atoms with van der Waals surface area (Å²) in [6, 6.07) is 41.9. The monoisotopic (exact) mass is 432 g/mol. The van der Waals surface area contributed by atoms with E-state index in [0.717, 1.165) is 0 Å². The van der Waals surface area contributed by atoms with E-state index in [9.17, 15) is 0 Å². The van der Waals surface area contributed by atoms with Crippen LogP contribution in [0, 0.1) is 0 Å². The maximum atomic E-state index is 3.56. The quantitative estimate of drug-likeness (QED) is 0.268. The lowest BCUT2D eigenvalue weighted by Crippen LogP contribution is -1.93. The molecule has 1 N–H and O–H groups in total. The lowest BCUT2D eigenvalue weighted by Gasteiger charge is -2.09. The Hall–Kier alpha value is -4.56. The van der Waals surface area contributed by atoms with Crippen molar-refractivity contribution in [1.82, 2.24) is 9.55 Å². The van der Waals surface area contributed by atoms with Crippen LogP contribution in [-0.2, 0) is 0 Å². The number of fused-ring (bicyclic) bond motifs is 10. The molecule has 2 heteroatoms. The SMILES string of the molecule is c1ccc2c(c1)ccc1c2c2c3ccccc3ccc2n1-c1ccc2[nH]c3ccccc3c2c1. The number of nitrogens with one attached hydrogen (secondary N) is 1. The second kappa shape index (κ2) is 6.49. The summed E-state index contributed by atoms with van der Waals surface area (Å²) in [5, 5.41) is 10.3.